The first-order chi connectivity index (χ1) is 13.0. The van der Waals surface area contributed by atoms with E-state index in [1.54, 1.807) is 19.1 Å². The fourth-order valence-corrected chi connectivity index (χ4v) is 4.24. The number of halogens is 2. The van der Waals surface area contributed by atoms with Crippen molar-refractivity contribution in [3.8, 4) is 5.75 Å². The highest BCUT2D eigenvalue weighted by atomic mass is 35.5. The van der Waals surface area contributed by atoms with Gasteiger partial charge in [0, 0.05) is 18.0 Å². The Morgan fingerprint density at radius 1 is 1.32 bits per heavy atom. The Morgan fingerprint density at radius 2 is 2.07 bits per heavy atom. The summed E-state index contributed by atoms with van der Waals surface area (Å²) in [6, 6.07) is 5.88. The van der Waals surface area contributed by atoms with E-state index in [1.807, 2.05) is 7.05 Å². The standard InChI is InChI=1S/C19H21FN2O4S.ClH/c1-3-25-19(24)17-12-8-9-22(2)10-15(12)27-18(17)21-16(23)11-26-14-7-5-4-6-13(14)20;/h4-7H,3,8-11H2,1-2H3,(H,21,23);1H. The number of nitrogens with zero attached hydrogens (tertiary/aromatic N) is 1. The van der Waals surface area contributed by atoms with Gasteiger partial charge in [0.1, 0.15) is 5.00 Å². The molecule has 1 aliphatic rings. The number of likely N-dealkylation sites (N-methyl/N-ethyl adjacent to an activating group) is 1. The number of thiophene rings is 1. The van der Waals surface area contributed by atoms with Crippen LogP contribution < -0.4 is 10.1 Å². The van der Waals surface area contributed by atoms with Crippen LogP contribution in [0.25, 0.3) is 0 Å². The van der Waals surface area contributed by atoms with Crippen LogP contribution in [-0.2, 0) is 22.5 Å². The van der Waals surface area contributed by atoms with Gasteiger partial charge in [-0.15, -0.1) is 23.7 Å². The second-order valence-electron chi connectivity index (χ2n) is 6.18. The smallest absolute Gasteiger partial charge is 0.341 e. The van der Waals surface area contributed by atoms with Crippen LogP contribution in [0.5, 0.6) is 5.75 Å². The average molecular weight is 429 g/mol. The molecule has 2 heterocycles. The summed E-state index contributed by atoms with van der Waals surface area (Å²) in [5.41, 5.74) is 1.35. The van der Waals surface area contributed by atoms with Crippen LogP contribution >= 0.6 is 23.7 Å². The Morgan fingerprint density at radius 3 is 2.79 bits per heavy atom. The third-order valence-corrected chi connectivity index (χ3v) is 5.31. The summed E-state index contributed by atoms with van der Waals surface area (Å²) in [6.07, 6.45) is 0.720. The maximum atomic E-state index is 13.6. The van der Waals surface area contributed by atoms with E-state index < -0.39 is 17.7 Å². The van der Waals surface area contributed by atoms with Crippen LogP contribution in [0.15, 0.2) is 24.3 Å². The molecule has 1 aromatic carbocycles. The SMILES string of the molecule is CCOC(=O)c1c(NC(=O)COc2ccccc2F)sc2c1CCN(C)C2.Cl. The zero-order valence-corrected chi connectivity index (χ0v) is 17.3. The van der Waals surface area contributed by atoms with Gasteiger partial charge in [0.15, 0.2) is 18.2 Å². The Balaban J connectivity index is 0.00000280. The molecule has 1 aromatic heterocycles. The van der Waals surface area contributed by atoms with Gasteiger partial charge in [-0.2, -0.15) is 0 Å². The molecule has 28 heavy (non-hydrogen) atoms. The molecule has 6 nitrogen and oxygen atoms in total. The van der Waals surface area contributed by atoms with Crippen LogP contribution in [-0.4, -0.2) is 43.6 Å². The molecule has 1 amide bonds. The molecule has 0 unspecified atom stereocenters. The lowest BCUT2D eigenvalue weighted by Gasteiger charge is -2.22. The van der Waals surface area contributed by atoms with E-state index in [9.17, 15) is 14.0 Å². The second-order valence-corrected chi connectivity index (χ2v) is 7.29. The van der Waals surface area contributed by atoms with Gasteiger partial charge in [-0.1, -0.05) is 12.1 Å². The first-order valence-electron chi connectivity index (χ1n) is 8.67. The molecule has 9 heteroatoms. The lowest BCUT2D eigenvalue weighted by molar-refractivity contribution is -0.118. The zero-order valence-electron chi connectivity index (χ0n) is 15.6. The number of nitrogens with one attached hydrogen (secondary N) is 1. The number of hydrogen-bond acceptors (Lipinski definition) is 6. The summed E-state index contributed by atoms with van der Waals surface area (Å²) in [5.74, 6) is -1.43. The number of hydrogen-bond donors (Lipinski definition) is 1. The Kier molecular flexibility index (Phi) is 7.79. The number of carbonyl (C=O) groups excluding carboxylic acids is 2. The van der Waals surface area contributed by atoms with Crippen molar-refractivity contribution in [2.75, 3.05) is 32.1 Å². The van der Waals surface area contributed by atoms with E-state index in [0.29, 0.717) is 17.1 Å². The normalized spacial score (nSPS) is 13.2. The number of benzene rings is 1. The van der Waals surface area contributed by atoms with Gasteiger partial charge in [-0.3, -0.25) is 4.79 Å². The molecule has 152 valence electrons. The maximum absolute atomic E-state index is 13.6. The molecule has 0 radical (unpaired) electrons. The minimum atomic E-state index is -0.535. The quantitative estimate of drug-likeness (QED) is 0.713. The summed E-state index contributed by atoms with van der Waals surface area (Å²) >= 11 is 1.37. The van der Waals surface area contributed by atoms with E-state index in [4.69, 9.17) is 9.47 Å². The fourth-order valence-electron chi connectivity index (χ4n) is 2.91. The number of carbonyl (C=O) groups is 2. The molecule has 3 rings (SSSR count). The molecule has 0 spiro atoms. The van der Waals surface area contributed by atoms with Gasteiger partial charge in [0.2, 0.25) is 0 Å². The summed E-state index contributed by atoms with van der Waals surface area (Å²) < 4.78 is 24.0. The van der Waals surface area contributed by atoms with Crippen LogP contribution in [0.3, 0.4) is 0 Å². The number of ether oxygens (including phenoxy) is 2. The number of esters is 1. The van der Waals surface area contributed by atoms with E-state index in [-0.39, 0.29) is 31.4 Å². The van der Waals surface area contributed by atoms with Gasteiger partial charge in [-0.05, 0) is 38.1 Å². The maximum Gasteiger partial charge on any atom is 0.341 e. The third-order valence-electron chi connectivity index (χ3n) is 4.18. The van der Waals surface area contributed by atoms with Crippen molar-refractivity contribution in [2.24, 2.45) is 0 Å². The summed E-state index contributed by atoms with van der Waals surface area (Å²) in [4.78, 5) is 27.9. The van der Waals surface area contributed by atoms with E-state index in [1.165, 1.54) is 23.5 Å². The van der Waals surface area contributed by atoms with Gasteiger partial charge in [0.25, 0.3) is 5.91 Å². The van der Waals surface area contributed by atoms with Crippen LogP contribution in [0.1, 0.15) is 27.7 Å². The van der Waals surface area contributed by atoms with Crippen molar-refractivity contribution in [1.29, 1.82) is 0 Å². The highest BCUT2D eigenvalue weighted by Crippen LogP contribution is 2.37. The molecule has 1 aliphatic heterocycles. The first kappa shape index (κ1) is 22.1. The highest BCUT2D eigenvalue weighted by molar-refractivity contribution is 7.17. The molecule has 0 saturated heterocycles. The van der Waals surface area contributed by atoms with Crippen LogP contribution in [0, 0.1) is 5.82 Å². The molecular formula is C19H22ClFN2O4S. The van der Waals surface area contributed by atoms with Gasteiger partial charge in [-0.25, -0.2) is 9.18 Å². The molecule has 1 N–H and O–H groups in total. The number of anilines is 1. The van der Waals surface area contributed by atoms with Crippen molar-refractivity contribution in [2.45, 2.75) is 19.9 Å². The second kappa shape index (κ2) is 9.86. The van der Waals surface area contributed by atoms with E-state index in [2.05, 4.69) is 10.2 Å². The van der Waals surface area contributed by atoms with Gasteiger partial charge >= 0.3 is 5.97 Å². The lowest BCUT2D eigenvalue weighted by atomic mass is 10.0. The summed E-state index contributed by atoms with van der Waals surface area (Å²) in [7, 11) is 2.01. The molecular weight excluding hydrogens is 407 g/mol. The van der Waals surface area contributed by atoms with Gasteiger partial charge in [0.05, 0.1) is 12.2 Å². The average Bonchev–Trinajstić information content (AvgIpc) is 2.98. The monoisotopic (exact) mass is 428 g/mol. The first-order valence-corrected chi connectivity index (χ1v) is 9.48. The topological polar surface area (TPSA) is 67.9 Å². The highest BCUT2D eigenvalue weighted by Gasteiger charge is 2.28. The van der Waals surface area contributed by atoms with Crippen molar-refractivity contribution >= 4 is 40.6 Å². The number of para-hydroxylation sites is 1. The van der Waals surface area contributed by atoms with Crippen LogP contribution in [0.2, 0.25) is 0 Å². The molecule has 0 fully saturated rings. The summed E-state index contributed by atoms with van der Waals surface area (Å²) in [5, 5.41) is 3.18. The number of fused-ring (bicyclic) bond motifs is 1. The Labute approximate surface area is 173 Å². The van der Waals surface area contributed by atoms with E-state index in [0.717, 1.165) is 23.4 Å². The third kappa shape index (κ3) is 5.01. The lowest BCUT2D eigenvalue weighted by Crippen LogP contribution is -2.26. The predicted octanol–water partition coefficient (Wildman–Crippen LogP) is 3.49. The van der Waals surface area contributed by atoms with Crippen molar-refractivity contribution in [3.05, 3.63) is 46.1 Å². The molecule has 0 saturated carbocycles. The van der Waals surface area contributed by atoms with Crippen molar-refractivity contribution in [1.82, 2.24) is 4.90 Å². The molecule has 0 bridgehead atoms. The predicted molar refractivity (Wildman–Crippen MR) is 108 cm³/mol. The number of rotatable bonds is 6. The zero-order chi connectivity index (χ0) is 19.4. The fraction of sp³-hybridized carbons (Fsp3) is 0.368. The number of amides is 1. The van der Waals surface area contributed by atoms with Crippen molar-refractivity contribution in [3.63, 3.8) is 0 Å². The molecule has 0 atom stereocenters. The minimum absolute atomic E-state index is 0. The van der Waals surface area contributed by atoms with Crippen LogP contribution in [0.4, 0.5) is 9.39 Å². The largest absolute Gasteiger partial charge is 0.481 e. The minimum Gasteiger partial charge on any atom is -0.481 e. The summed E-state index contributed by atoms with van der Waals surface area (Å²) in [6.45, 7) is 3.19. The van der Waals surface area contributed by atoms with E-state index >= 15 is 0 Å². The Bertz CT molecular complexity index is 858. The van der Waals surface area contributed by atoms with Gasteiger partial charge < -0.3 is 19.7 Å². The van der Waals surface area contributed by atoms with Crippen molar-refractivity contribution < 1.29 is 23.5 Å². The molecule has 0 aliphatic carbocycles. The molecule has 2 aromatic rings. The Hall–Kier alpha value is -2.16.